The van der Waals surface area contributed by atoms with E-state index in [1.165, 1.54) is 0 Å². The lowest BCUT2D eigenvalue weighted by atomic mass is 9.79. The molecular formula is C32H33NO8. The number of amides is 3. The van der Waals surface area contributed by atoms with Crippen LogP contribution in [0.3, 0.4) is 0 Å². The van der Waals surface area contributed by atoms with Crippen LogP contribution in [0.15, 0.2) is 97.1 Å². The summed E-state index contributed by atoms with van der Waals surface area (Å²) < 4.78 is 23.0. The Morgan fingerprint density at radius 1 is 0.610 bits per heavy atom. The number of carbonyl (C=O) groups is 3. The minimum absolute atomic E-state index is 0.0167. The van der Waals surface area contributed by atoms with Gasteiger partial charge in [-0.05, 0) is 28.8 Å². The zero-order valence-electron chi connectivity index (χ0n) is 22.6. The van der Waals surface area contributed by atoms with E-state index >= 15 is 0 Å². The maximum atomic E-state index is 12.9. The molecule has 0 saturated heterocycles. The zero-order valence-corrected chi connectivity index (χ0v) is 22.6. The van der Waals surface area contributed by atoms with Crippen LogP contribution in [0.1, 0.15) is 27.0 Å². The Kier molecular flexibility index (Phi) is 11.1. The lowest BCUT2D eigenvalue weighted by Gasteiger charge is -2.36. The van der Waals surface area contributed by atoms with Crippen LogP contribution in [0.4, 0.5) is 0 Å². The minimum Gasteiger partial charge on any atom is -0.394 e. The summed E-state index contributed by atoms with van der Waals surface area (Å²) in [6.45, 7) is 2.45. The molecule has 0 unspecified atom stereocenters. The van der Waals surface area contributed by atoms with E-state index in [-0.39, 0.29) is 25.4 Å². The third kappa shape index (κ3) is 7.40. The Labute approximate surface area is 238 Å². The quantitative estimate of drug-likeness (QED) is 0.162. The van der Waals surface area contributed by atoms with Crippen LogP contribution >= 0.6 is 0 Å². The first-order valence-electron chi connectivity index (χ1n) is 13.4. The normalized spacial score (nSPS) is 13.2. The average Bonchev–Trinajstić information content (AvgIpc) is 3.36. The summed E-state index contributed by atoms with van der Waals surface area (Å²) in [7, 11) is 0. The molecule has 41 heavy (non-hydrogen) atoms. The molecule has 0 aromatic heterocycles. The Hall–Kier alpha value is -3.99. The molecule has 9 nitrogen and oxygen atoms in total. The number of rotatable bonds is 16. The third-order valence-electron chi connectivity index (χ3n) is 6.44. The van der Waals surface area contributed by atoms with Gasteiger partial charge in [-0.15, -0.1) is 0 Å². The molecule has 0 saturated carbocycles. The molecule has 1 aliphatic rings. The van der Waals surface area contributed by atoms with Crippen molar-refractivity contribution in [3.63, 3.8) is 0 Å². The number of aliphatic hydroxyl groups is 1. The molecule has 0 spiro atoms. The summed E-state index contributed by atoms with van der Waals surface area (Å²) in [5.41, 5.74) is 1.69. The maximum absolute atomic E-state index is 12.9. The topological polar surface area (TPSA) is 112 Å². The Morgan fingerprint density at radius 3 is 1.54 bits per heavy atom. The molecule has 0 bridgehead atoms. The van der Waals surface area contributed by atoms with Gasteiger partial charge in [-0.1, -0.05) is 72.8 Å². The molecule has 0 fully saturated rings. The van der Waals surface area contributed by atoms with Crippen molar-refractivity contribution in [2.24, 2.45) is 0 Å². The predicted octanol–water partition coefficient (Wildman–Crippen LogP) is 3.10. The third-order valence-corrected chi connectivity index (χ3v) is 6.44. The van der Waals surface area contributed by atoms with Gasteiger partial charge in [0, 0.05) is 17.7 Å². The van der Waals surface area contributed by atoms with Crippen LogP contribution in [0.25, 0.3) is 0 Å². The van der Waals surface area contributed by atoms with Crippen LogP contribution in [-0.2, 0) is 34.1 Å². The number of hydrogen-bond donors (Lipinski definition) is 1. The molecule has 0 aliphatic carbocycles. The van der Waals surface area contributed by atoms with Crippen LogP contribution in [0, 0.1) is 0 Å². The Morgan fingerprint density at radius 2 is 1.05 bits per heavy atom. The second-order valence-electron chi connectivity index (χ2n) is 9.05. The zero-order chi connectivity index (χ0) is 28.9. The molecule has 214 valence electrons. The fourth-order valence-corrected chi connectivity index (χ4v) is 4.53. The molecule has 9 heteroatoms. The lowest BCUT2D eigenvalue weighted by Crippen LogP contribution is -2.36. The summed E-state index contributed by atoms with van der Waals surface area (Å²) in [5.74, 6) is -2.00. The highest BCUT2D eigenvalue weighted by molar-refractivity contribution is 6.25. The van der Waals surface area contributed by atoms with Crippen molar-refractivity contribution in [1.82, 2.24) is 4.90 Å². The van der Waals surface area contributed by atoms with Crippen LogP contribution in [-0.4, -0.2) is 80.6 Å². The van der Waals surface area contributed by atoms with Crippen molar-refractivity contribution in [1.29, 1.82) is 0 Å². The molecule has 1 N–H and O–H groups in total. The van der Waals surface area contributed by atoms with Gasteiger partial charge in [0.2, 0.25) is 0 Å². The van der Waals surface area contributed by atoms with Gasteiger partial charge in [0.15, 0.2) is 0 Å². The Balaban J connectivity index is 1.52. The van der Waals surface area contributed by atoms with E-state index in [0.717, 1.165) is 28.8 Å². The van der Waals surface area contributed by atoms with Crippen molar-refractivity contribution >= 4 is 17.7 Å². The summed E-state index contributed by atoms with van der Waals surface area (Å²) in [6, 6.07) is 26.3. The first-order valence-corrected chi connectivity index (χ1v) is 13.4. The van der Waals surface area contributed by atoms with Crippen molar-refractivity contribution in [3.05, 3.63) is 119 Å². The highest BCUT2D eigenvalue weighted by Gasteiger charge is 2.38. The molecule has 4 rings (SSSR count). The largest absolute Gasteiger partial charge is 0.394 e. The van der Waals surface area contributed by atoms with Gasteiger partial charge in [-0.3, -0.25) is 14.4 Å². The van der Waals surface area contributed by atoms with E-state index in [2.05, 4.69) is 0 Å². The van der Waals surface area contributed by atoms with E-state index in [4.69, 9.17) is 24.1 Å². The molecule has 0 radical (unpaired) electrons. The average molecular weight is 560 g/mol. The van der Waals surface area contributed by atoms with Gasteiger partial charge >= 0.3 is 0 Å². The molecule has 3 amide bonds. The van der Waals surface area contributed by atoms with Crippen LogP contribution in [0.2, 0.25) is 0 Å². The molecule has 3 aromatic carbocycles. The van der Waals surface area contributed by atoms with Crippen molar-refractivity contribution in [3.8, 4) is 0 Å². The van der Waals surface area contributed by atoms with Gasteiger partial charge in [-0.2, -0.15) is 0 Å². The predicted molar refractivity (Wildman–Crippen MR) is 150 cm³/mol. The molecule has 0 atom stereocenters. The second-order valence-corrected chi connectivity index (χ2v) is 9.05. The smallest absolute Gasteiger partial charge is 0.267 e. The molecule has 1 heterocycles. The van der Waals surface area contributed by atoms with Gasteiger partial charge in [0.05, 0.1) is 52.9 Å². The molecule has 3 aromatic rings. The number of ether oxygens (including phenoxy) is 4. The fourth-order valence-electron chi connectivity index (χ4n) is 4.53. The summed E-state index contributed by atoms with van der Waals surface area (Å²) >= 11 is 0. The standard InChI is InChI=1S/C32H33NO8/c34-17-18-38-19-20-39-21-22-40-23-24-41-32(26-7-3-1-4-8-26,27-9-5-2-6-10-27)28-13-11-25(12-14-28)31(37)33-29(35)15-16-30(33)36/h1-16,34H,17-24H2. The van der Waals surface area contributed by atoms with Gasteiger partial charge in [0.25, 0.3) is 17.7 Å². The molecule has 1 aliphatic heterocycles. The van der Waals surface area contributed by atoms with Gasteiger partial charge in [-0.25, -0.2) is 4.90 Å². The molecular weight excluding hydrogens is 526 g/mol. The first kappa shape index (κ1) is 30.0. The van der Waals surface area contributed by atoms with Crippen LogP contribution in [0.5, 0.6) is 0 Å². The van der Waals surface area contributed by atoms with E-state index in [0.29, 0.717) is 37.9 Å². The summed E-state index contributed by atoms with van der Waals surface area (Å²) in [6.07, 6.45) is 2.17. The van der Waals surface area contributed by atoms with E-state index < -0.39 is 23.3 Å². The van der Waals surface area contributed by atoms with E-state index in [9.17, 15) is 14.4 Å². The number of imide groups is 3. The monoisotopic (exact) mass is 559 g/mol. The number of carbonyl (C=O) groups excluding carboxylic acids is 3. The van der Waals surface area contributed by atoms with E-state index in [1.807, 2.05) is 60.7 Å². The highest BCUT2D eigenvalue weighted by Crippen LogP contribution is 2.40. The number of aliphatic hydroxyl groups excluding tert-OH is 1. The minimum atomic E-state index is -1.03. The maximum Gasteiger partial charge on any atom is 0.267 e. The summed E-state index contributed by atoms with van der Waals surface area (Å²) in [5, 5.41) is 8.72. The SMILES string of the molecule is O=C1C=CC(=O)N1C(=O)c1ccc(C(OCCOCCOCCOCCO)(c2ccccc2)c2ccccc2)cc1. The van der Waals surface area contributed by atoms with Crippen molar-refractivity contribution in [2.45, 2.75) is 5.60 Å². The number of hydrogen-bond acceptors (Lipinski definition) is 8. The van der Waals surface area contributed by atoms with E-state index in [1.54, 1.807) is 24.3 Å². The van der Waals surface area contributed by atoms with Crippen LogP contribution < -0.4 is 0 Å². The van der Waals surface area contributed by atoms with Gasteiger partial charge < -0.3 is 24.1 Å². The second kappa shape index (κ2) is 15.1. The number of nitrogens with zero attached hydrogens (tertiary/aromatic N) is 1. The van der Waals surface area contributed by atoms with Gasteiger partial charge in [0.1, 0.15) is 5.60 Å². The Bertz CT molecular complexity index is 1250. The highest BCUT2D eigenvalue weighted by atomic mass is 16.6. The fraction of sp³-hybridized carbons (Fsp3) is 0.281. The lowest BCUT2D eigenvalue weighted by molar-refractivity contribution is -0.133. The van der Waals surface area contributed by atoms with Crippen molar-refractivity contribution in [2.75, 3.05) is 52.9 Å². The summed E-state index contributed by atoms with van der Waals surface area (Å²) in [4.78, 5) is 37.6. The number of benzene rings is 3. The van der Waals surface area contributed by atoms with Crippen molar-refractivity contribution < 1.29 is 38.4 Å². The first-order chi connectivity index (χ1) is 20.1.